The van der Waals surface area contributed by atoms with Gasteiger partial charge in [0.15, 0.2) is 0 Å². The number of rotatable bonds is 5. The zero-order valence-corrected chi connectivity index (χ0v) is 20.9. The van der Waals surface area contributed by atoms with Crippen molar-refractivity contribution in [2.24, 2.45) is 0 Å². The Kier molecular flexibility index (Phi) is 6.43. The summed E-state index contributed by atoms with van der Waals surface area (Å²) in [5.74, 6) is 0. The first-order valence-corrected chi connectivity index (χ1v) is 13.2. The molecule has 0 saturated heterocycles. The molecule has 0 N–H and O–H groups in total. The van der Waals surface area contributed by atoms with Gasteiger partial charge in [-0.1, -0.05) is 121 Å². The Morgan fingerprint density at radius 3 is 1.79 bits per heavy atom. The normalized spacial score (nSPS) is 11.8. The summed E-state index contributed by atoms with van der Waals surface area (Å²) in [6.45, 7) is 6.59. The predicted octanol–water partition coefficient (Wildman–Crippen LogP) is 8.00. The molecule has 0 spiro atoms. The van der Waals surface area contributed by atoms with Gasteiger partial charge in [0.1, 0.15) is 0 Å². The first-order chi connectivity index (χ1) is 16.7. The number of benzene rings is 5. The van der Waals surface area contributed by atoms with E-state index < -0.39 is 7.92 Å². The highest BCUT2D eigenvalue weighted by Gasteiger charge is 2.23. The van der Waals surface area contributed by atoms with Crippen LogP contribution in [0.1, 0.15) is 25.0 Å². The summed E-state index contributed by atoms with van der Waals surface area (Å²) in [6, 6.07) is 42.2. The maximum Gasteiger partial charge on any atom is -0.00234 e. The second-order valence-corrected chi connectivity index (χ2v) is 10.8. The molecule has 0 atom stereocenters. The van der Waals surface area contributed by atoms with Gasteiger partial charge in [0, 0.05) is 0 Å². The lowest BCUT2D eigenvalue weighted by Gasteiger charge is -2.25. The van der Waals surface area contributed by atoms with Crippen molar-refractivity contribution in [3.8, 4) is 11.1 Å². The van der Waals surface area contributed by atoms with E-state index in [1.165, 1.54) is 54.5 Å². The maximum absolute atomic E-state index is 2.37. The van der Waals surface area contributed by atoms with Gasteiger partial charge in [-0.15, -0.1) is 0 Å². The van der Waals surface area contributed by atoms with Crippen LogP contribution in [0.5, 0.6) is 0 Å². The number of allylic oxidation sites excluding steroid dienone is 2. The Morgan fingerprint density at radius 2 is 1.18 bits per heavy atom. The molecule has 0 aliphatic carbocycles. The van der Waals surface area contributed by atoms with Crippen LogP contribution in [-0.4, -0.2) is 0 Å². The minimum atomic E-state index is -0.709. The fraction of sp³-hybridized carbons (Fsp3) is 0.0909. The molecule has 166 valence electrons. The predicted molar refractivity (Wildman–Crippen MR) is 152 cm³/mol. The van der Waals surface area contributed by atoms with Crippen LogP contribution in [0.3, 0.4) is 0 Å². The Morgan fingerprint density at radius 1 is 0.647 bits per heavy atom. The SMILES string of the molecule is C/C=C(\C)c1cc(C)c2ccccc2c1-c1ccccc1P(c1ccccc1)c1ccccc1. The fourth-order valence-corrected chi connectivity index (χ4v) is 7.23. The Labute approximate surface area is 204 Å². The van der Waals surface area contributed by atoms with Gasteiger partial charge in [-0.2, -0.15) is 0 Å². The highest BCUT2D eigenvalue weighted by molar-refractivity contribution is 7.80. The lowest BCUT2D eigenvalue weighted by atomic mass is 9.88. The summed E-state index contributed by atoms with van der Waals surface area (Å²) in [6.07, 6.45) is 2.23. The monoisotopic (exact) mass is 456 g/mol. The molecule has 0 nitrogen and oxygen atoms in total. The van der Waals surface area contributed by atoms with Crippen LogP contribution >= 0.6 is 7.92 Å². The average Bonchev–Trinajstić information content (AvgIpc) is 2.90. The highest BCUT2D eigenvalue weighted by Crippen LogP contribution is 2.42. The first kappa shape index (κ1) is 22.3. The average molecular weight is 457 g/mol. The van der Waals surface area contributed by atoms with E-state index >= 15 is 0 Å². The molecule has 0 saturated carbocycles. The summed E-state index contributed by atoms with van der Waals surface area (Å²) < 4.78 is 0. The molecule has 0 amide bonds. The van der Waals surface area contributed by atoms with Crippen LogP contribution in [0.2, 0.25) is 0 Å². The van der Waals surface area contributed by atoms with Gasteiger partial charge >= 0.3 is 0 Å². The van der Waals surface area contributed by atoms with E-state index in [2.05, 4.69) is 142 Å². The minimum absolute atomic E-state index is 0.709. The number of hydrogen-bond acceptors (Lipinski definition) is 0. The lowest BCUT2D eigenvalue weighted by Crippen LogP contribution is -2.22. The topological polar surface area (TPSA) is 0 Å². The molecule has 5 aromatic carbocycles. The molecule has 0 aromatic heterocycles. The van der Waals surface area contributed by atoms with Gasteiger partial charge in [0.2, 0.25) is 0 Å². The van der Waals surface area contributed by atoms with Gasteiger partial charge in [-0.05, 0) is 83.2 Å². The van der Waals surface area contributed by atoms with Crippen molar-refractivity contribution in [1.82, 2.24) is 0 Å². The van der Waals surface area contributed by atoms with Crippen LogP contribution in [0.4, 0.5) is 0 Å². The molecule has 0 unspecified atom stereocenters. The smallest absolute Gasteiger partial charge is 0.00234 e. The van der Waals surface area contributed by atoms with E-state index in [9.17, 15) is 0 Å². The van der Waals surface area contributed by atoms with E-state index in [0.717, 1.165) is 0 Å². The molecule has 0 heterocycles. The molecule has 0 aliphatic rings. The number of hydrogen-bond donors (Lipinski definition) is 0. The van der Waals surface area contributed by atoms with Gasteiger partial charge in [-0.3, -0.25) is 0 Å². The van der Waals surface area contributed by atoms with Crippen molar-refractivity contribution < 1.29 is 0 Å². The molecule has 5 aromatic rings. The molecular formula is C33H29P. The van der Waals surface area contributed by atoms with Crippen molar-refractivity contribution >= 4 is 40.2 Å². The summed E-state index contributed by atoms with van der Waals surface area (Å²) in [5, 5.41) is 6.79. The Balaban J connectivity index is 1.87. The third kappa shape index (κ3) is 4.11. The van der Waals surface area contributed by atoms with E-state index in [-0.39, 0.29) is 0 Å². The van der Waals surface area contributed by atoms with E-state index in [1.807, 2.05) is 0 Å². The second kappa shape index (κ2) is 9.80. The van der Waals surface area contributed by atoms with Crippen molar-refractivity contribution in [2.75, 3.05) is 0 Å². The third-order valence-electron chi connectivity index (χ3n) is 6.55. The molecule has 0 radical (unpaired) electrons. The second-order valence-electron chi connectivity index (χ2n) is 8.66. The van der Waals surface area contributed by atoms with E-state index in [1.54, 1.807) is 0 Å². The summed E-state index contributed by atoms with van der Waals surface area (Å²) in [7, 11) is -0.709. The molecule has 0 bridgehead atoms. The zero-order valence-electron chi connectivity index (χ0n) is 20.0. The molecular weight excluding hydrogens is 427 g/mol. The summed E-state index contributed by atoms with van der Waals surface area (Å²) >= 11 is 0. The molecule has 34 heavy (non-hydrogen) atoms. The first-order valence-electron chi connectivity index (χ1n) is 11.8. The summed E-state index contributed by atoms with van der Waals surface area (Å²) in [5.41, 5.74) is 6.62. The van der Waals surface area contributed by atoms with Gasteiger partial charge in [0.05, 0.1) is 0 Å². The molecule has 1 heteroatoms. The molecule has 5 rings (SSSR count). The standard InChI is InChI=1S/C33H29P/c1-4-24(2)31-23-25(3)28-19-11-12-20-29(28)33(31)30-21-13-14-22-32(30)34(26-15-7-5-8-16-26)27-17-9-6-10-18-27/h4-23H,1-3H3/b24-4+. The fourth-order valence-electron chi connectivity index (χ4n) is 4.77. The minimum Gasteiger partial charge on any atom is -0.0841 e. The maximum atomic E-state index is 2.37. The molecule has 0 aliphatic heterocycles. The lowest BCUT2D eigenvalue weighted by molar-refractivity contribution is 1.47. The number of fused-ring (bicyclic) bond motifs is 1. The van der Waals surface area contributed by atoms with E-state index in [4.69, 9.17) is 0 Å². The van der Waals surface area contributed by atoms with Crippen LogP contribution in [-0.2, 0) is 0 Å². The number of aryl methyl sites for hydroxylation is 1. The van der Waals surface area contributed by atoms with Gasteiger partial charge < -0.3 is 0 Å². The van der Waals surface area contributed by atoms with Crippen molar-refractivity contribution in [3.63, 3.8) is 0 Å². The molecule has 0 fully saturated rings. The largest absolute Gasteiger partial charge is 0.0841 e. The van der Waals surface area contributed by atoms with Crippen molar-refractivity contribution in [1.29, 1.82) is 0 Å². The van der Waals surface area contributed by atoms with Crippen molar-refractivity contribution in [2.45, 2.75) is 20.8 Å². The zero-order chi connectivity index (χ0) is 23.5. The van der Waals surface area contributed by atoms with E-state index in [0.29, 0.717) is 0 Å². The Hall–Kier alpha value is -3.47. The quantitative estimate of drug-likeness (QED) is 0.235. The van der Waals surface area contributed by atoms with Crippen LogP contribution in [0, 0.1) is 6.92 Å². The third-order valence-corrected chi connectivity index (χ3v) is 9.05. The summed E-state index contributed by atoms with van der Waals surface area (Å²) in [4.78, 5) is 0. The highest BCUT2D eigenvalue weighted by atomic mass is 31.1. The van der Waals surface area contributed by atoms with Crippen LogP contribution in [0.25, 0.3) is 27.5 Å². The Bertz CT molecular complexity index is 1420. The van der Waals surface area contributed by atoms with Gasteiger partial charge in [0.25, 0.3) is 0 Å². The van der Waals surface area contributed by atoms with Crippen LogP contribution in [0.15, 0.2) is 121 Å². The van der Waals surface area contributed by atoms with Gasteiger partial charge in [-0.25, -0.2) is 0 Å². The van der Waals surface area contributed by atoms with Crippen molar-refractivity contribution in [3.05, 3.63) is 132 Å². The van der Waals surface area contributed by atoms with Crippen LogP contribution < -0.4 is 15.9 Å².